The van der Waals surface area contributed by atoms with Crippen LogP contribution in [0, 0.1) is 11.3 Å². The fraction of sp³-hybridized carbons (Fsp3) is 0.286. The van der Waals surface area contributed by atoms with Crippen LogP contribution in [-0.4, -0.2) is 25.8 Å². The van der Waals surface area contributed by atoms with Crippen LogP contribution in [-0.2, 0) is 11.2 Å². The molecule has 1 aromatic carbocycles. The van der Waals surface area contributed by atoms with E-state index in [0.29, 0.717) is 24.2 Å². The summed E-state index contributed by atoms with van der Waals surface area (Å²) in [6, 6.07) is 8.24. The Morgan fingerprint density at radius 1 is 1.52 bits per heavy atom. The number of nitrogens with two attached hydrogens (primary N) is 1. The molecule has 0 fully saturated rings. The zero-order valence-corrected chi connectivity index (χ0v) is 11.1. The lowest BCUT2D eigenvalue weighted by Crippen LogP contribution is -2.32. The number of hydrogen-bond donors (Lipinski definition) is 2. The number of rotatable bonds is 2. The van der Waals surface area contributed by atoms with Gasteiger partial charge in [-0.3, -0.25) is 0 Å². The smallest absolute Gasteiger partial charge is 0.329 e. The van der Waals surface area contributed by atoms with Crippen molar-refractivity contribution in [2.45, 2.75) is 24.8 Å². The van der Waals surface area contributed by atoms with Crippen molar-refractivity contribution in [3.05, 3.63) is 41.2 Å². The third-order valence-electron chi connectivity index (χ3n) is 3.74. The molecular formula is C14H13N5O2. The first kappa shape index (κ1) is 13.1. The van der Waals surface area contributed by atoms with Crippen molar-refractivity contribution in [1.82, 2.24) is 14.8 Å². The van der Waals surface area contributed by atoms with Gasteiger partial charge in [0.25, 0.3) is 0 Å². The topological polar surface area (TPSA) is 118 Å². The van der Waals surface area contributed by atoms with Gasteiger partial charge in [-0.2, -0.15) is 10.2 Å². The van der Waals surface area contributed by atoms with E-state index in [1.54, 1.807) is 18.2 Å². The Labute approximate surface area is 120 Å². The maximum absolute atomic E-state index is 11.7. The minimum Gasteiger partial charge on any atom is -0.480 e. The lowest BCUT2D eigenvalue weighted by atomic mass is 9.84. The third kappa shape index (κ3) is 2.21. The molecule has 1 aromatic heterocycles. The van der Waals surface area contributed by atoms with Gasteiger partial charge in [0.05, 0.1) is 11.6 Å². The Hall–Kier alpha value is -2.88. The molecule has 2 unspecified atom stereocenters. The molecular weight excluding hydrogens is 270 g/mol. The summed E-state index contributed by atoms with van der Waals surface area (Å²) in [4.78, 5) is 15.7. The second kappa shape index (κ2) is 4.90. The highest BCUT2D eigenvalue weighted by Crippen LogP contribution is 2.37. The monoisotopic (exact) mass is 283 g/mol. The van der Waals surface area contributed by atoms with E-state index >= 15 is 0 Å². The maximum atomic E-state index is 11.7. The average Bonchev–Trinajstić information content (AvgIpc) is 2.86. The number of aromatic nitrogens is 3. The van der Waals surface area contributed by atoms with E-state index in [2.05, 4.69) is 16.2 Å². The fourth-order valence-electron chi connectivity index (χ4n) is 2.84. The molecule has 7 nitrogen and oxygen atoms in total. The molecule has 0 bridgehead atoms. The van der Waals surface area contributed by atoms with Crippen molar-refractivity contribution in [2.75, 3.05) is 5.73 Å². The summed E-state index contributed by atoms with van der Waals surface area (Å²) in [6.07, 6.45) is 1.24. The summed E-state index contributed by atoms with van der Waals surface area (Å²) >= 11 is 0. The first-order valence-electron chi connectivity index (χ1n) is 6.54. The zero-order chi connectivity index (χ0) is 15.0. The number of benzene rings is 1. The Morgan fingerprint density at radius 2 is 2.33 bits per heavy atom. The lowest BCUT2D eigenvalue weighted by molar-refractivity contribution is -0.142. The number of aryl methyl sites for hydroxylation is 1. The highest BCUT2D eigenvalue weighted by atomic mass is 16.4. The van der Waals surface area contributed by atoms with Gasteiger partial charge >= 0.3 is 5.97 Å². The van der Waals surface area contributed by atoms with Crippen LogP contribution in [0.4, 0.5) is 5.95 Å². The van der Waals surface area contributed by atoms with E-state index in [4.69, 9.17) is 11.0 Å². The second-order valence-corrected chi connectivity index (χ2v) is 5.00. The van der Waals surface area contributed by atoms with Gasteiger partial charge in [-0.05, 0) is 24.1 Å². The quantitative estimate of drug-likeness (QED) is 0.851. The van der Waals surface area contributed by atoms with Crippen molar-refractivity contribution >= 4 is 11.9 Å². The molecule has 1 aliphatic rings. The van der Waals surface area contributed by atoms with E-state index in [0.717, 1.165) is 5.56 Å². The Morgan fingerprint density at radius 3 is 3.05 bits per heavy atom. The van der Waals surface area contributed by atoms with Crippen LogP contribution in [0.1, 0.15) is 35.3 Å². The Bertz CT molecular complexity index is 746. The molecule has 7 heteroatoms. The van der Waals surface area contributed by atoms with Crippen LogP contribution in [0.3, 0.4) is 0 Å². The molecule has 106 valence electrons. The molecule has 21 heavy (non-hydrogen) atoms. The van der Waals surface area contributed by atoms with Crippen molar-refractivity contribution in [3.63, 3.8) is 0 Å². The Kier molecular flexibility index (Phi) is 3.06. The number of anilines is 1. The summed E-state index contributed by atoms with van der Waals surface area (Å²) < 4.78 is 1.39. The number of aliphatic carboxylic acids is 1. The first-order chi connectivity index (χ1) is 10.1. The van der Waals surface area contributed by atoms with Gasteiger partial charge in [-0.1, -0.05) is 12.1 Å². The van der Waals surface area contributed by atoms with E-state index < -0.39 is 12.0 Å². The Balaban J connectivity index is 2.06. The lowest BCUT2D eigenvalue weighted by Gasteiger charge is -2.29. The zero-order valence-electron chi connectivity index (χ0n) is 11.1. The van der Waals surface area contributed by atoms with Gasteiger partial charge in [0.2, 0.25) is 5.95 Å². The minimum atomic E-state index is -0.979. The van der Waals surface area contributed by atoms with Gasteiger partial charge in [0, 0.05) is 12.3 Å². The van der Waals surface area contributed by atoms with Gasteiger partial charge < -0.3 is 10.8 Å². The van der Waals surface area contributed by atoms with Crippen molar-refractivity contribution in [2.24, 2.45) is 0 Å². The fourth-order valence-corrected chi connectivity index (χ4v) is 2.84. The van der Waals surface area contributed by atoms with Gasteiger partial charge in [-0.25, -0.2) is 9.48 Å². The van der Waals surface area contributed by atoms with Crippen LogP contribution in [0.25, 0.3) is 0 Å². The largest absolute Gasteiger partial charge is 0.480 e. The van der Waals surface area contributed by atoms with Gasteiger partial charge in [-0.15, -0.1) is 5.10 Å². The summed E-state index contributed by atoms with van der Waals surface area (Å²) in [5.74, 6) is -0.562. The summed E-state index contributed by atoms with van der Waals surface area (Å²) in [7, 11) is 0. The number of nitrogens with zero attached hydrogens (tertiary/aromatic N) is 4. The summed E-state index contributed by atoms with van der Waals surface area (Å²) in [6.45, 7) is 0. The van der Waals surface area contributed by atoms with E-state index in [1.807, 2.05) is 6.07 Å². The molecule has 0 spiro atoms. The van der Waals surface area contributed by atoms with Crippen molar-refractivity contribution < 1.29 is 9.90 Å². The summed E-state index contributed by atoms with van der Waals surface area (Å²) in [5, 5.41) is 22.6. The predicted octanol–water partition coefficient (Wildman–Crippen LogP) is 1.09. The minimum absolute atomic E-state index is 0.0858. The second-order valence-electron chi connectivity index (χ2n) is 5.00. The standard InChI is InChI=1S/C14H13N5O2/c15-7-8-2-1-3-9(6-8)10-4-5-11-17-14(16)18-19(11)12(10)13(20)21/h1-3,6,10,12H,4-5H2,(H2,16,18)(H,20,21). The van der Waals surface area contributed by atoms with Crippen LogP contribution >= 0.6 is 0 Å². The van der Waals surface area contributed by atoms with E-state index in [9.17, 15) is 9.90 Å². The van der Waals surface area contributed by atoms with Crippen LogP contribution < -0.4 is 5.73 Å². The molecule has 0 radical (unpaired) electrons. The number of nitrogen functional groups attached to an aromatic ring is 1. The van der Waals surface area contributed by atoms with Crippen LogP contribution in [0.2, 0.25) is 0 Å². The van der Waals surface area contributed by atoms with E-state index in [1.165, 1.54) is 4.68 Å². The van der Waals surface area contributed by atoms with Crippen molar-refractivity contribution in [3.8, 4) is 6.07 Å². The summed E-state index contributed by atoms with van der Waals surface area (Å²) in [5.41, 5.74) is 6.91. The van der Waals surface area contributed by atoms with Gasteiger partial charge in [0.1, 0.15) is 5.82 Å². The maximum Gasteiger partial charge on any atom is 0.329 e. The number of fused-ring (bicyclic) bond motifs is 1. The normalized spacial score (nSPS) is 20.5. The van der Waals surface area contributed by atoms with E-state index in [-0.39, 0.29) is 11.9 Å². The number of carboxylic acid groups (broad SMARTS) is 1. The molecule has 1 aliphatic heterocycles. The number of carboxylic acids is 1. The number of carbonyl (C=O) groups is 1. The van der Waals surface area contributed by atoms with Gasteiger partial charge in [0.15, 0.2) is 6.04 Å². The predicted molar refractivity (Wildman–Crippen MR) is 73.3 cm³/mol. The average molecular weight is 283 g/mol. The third-order valence-corrected chi connectivity index (χ3v) is 3.74. The van der Waals surface area contributed by atoms with Crippen LogP contribution in [0.5, 0.6) is 0 Å². The number of hydrogen-bond acceptors (Lipinski definition) is 5. The highest BCUT2D eigenvalue weighted by Gasteiger charge is 2.37. The molecule has 2 heterocycles. The molecule has 2 aromatic rings. The highest BCUT2D eigenvalue weighted by molar-refractivity contribution is 5.73. The number of nitriles is 1. The van der Waals surface area contributed by atoms with Crippen LogP contribution in [0.15, 0.2) is 24.3 Å². The molecule has 0 saturated carbocycles. The van der Waals surface area contributed by atoms with Crippen molar-refractivity contribution in [1.29, 1.82) is 5.26 Å². The molecule has 0 aliphatic carbocycles. The molecule has 3 rings (SSSR count). The molecule has 0 amide bonds. The molecule has 2 atom stereocenters. The first-order valence-corrected chi connectivity index (χ1v) is 6.54. The SMILES string of the molecule is N#Cc1cccc(C2CCc3nc(N)nn3C2C(=O)O)c1. The molecule has 3 N–H and O–H groups in total. The molecule has 0 saturated heterocycles.